The lowest BCUT2D eigenvalue weighted by atomic mass is 10.2. The molecule has 2 aromatic rings. The van der Waals surface area contributed by atoms with Crippen molar-refractivity contribution in [2.45, 2.75) is 44.0 Å². The largest absolute Gasteiger partial charge is 0.339 e. The molecular formula is C17H22N4O4S. The molecule has 0 unspecified atom stereocenters. The summed E-state index contributed by atoms with van der Waals surface area (Å²) in [7, 11) is -3.84. The first-order valence-corrected chi connectivity index (χ1v) is 10.1. The van der Waals surface area contributed by atoms with E-state index in [4.69, 9.17) is 4.52 Å². The third-order valence-electron chi connectivity index (χ3n) is 4.33. The van der Waals surface area contributed by atoms with E-state index in [9.17, 15) is 13.2 Å². The van der Waals surface area contributed by atoms with Crippen LogP contribution in [0.5, 0.6) is 0 Å². The lowest BCUT2D eigenvalue weighted by Crippen LogP contribution is -2.30. The van der Waals surface area contributed by atoms with Crippen LogP contribution in [0.15, 0.2) is 33.7 Å². The maximum atomic E-state index is 12.8. The maximum absolute atomic E-state index is 12.8. The Morgan fingerprint density at radius 3 is 2.69 bits per heavy atom. The molecule has 1 saturated heterocycles. The number of aryl methyl sites for hydroxylation is 1. The third-order valence-corrected chi connectivity index (χ3v) is 5.80. The first-order valence-electron chi connectivity index (χ1n) is 8.62. The van der Waals surface area contributed by atoms with E-state index in [1.165, 1.54) is 12.1 Å². The van der Waals surface area contributed by atoms with Gasteiger partial charge in [0.2, 0.25) is 15.9 Å². The van der Waals surface area contributed by atoms with Gasteiger partial charge in [-0.25, -0.2) is 8.42 Å². The van der Waals surface area contributed by atoms with Crippen LogP contribution in [0.2, 0.25) is 0 Å². The van der Waals surface area contributed by atoms with Crippen molar-refractivity contribution in [2.75, 3.05) is 13.1 Å². The Morgan fingerprint density at radius 1 is 1.35 bits per heavy atom. The van der Waals surface area contributed by atoms with E-state index >= 15 is 0 Å². The van der Waals surface area contributed by atoms with E-state index in [0.717, 1.165) is 12.8 Å². The molecule has 1 atom stereocenters. The Hall–Kier alpha value is -2.26. The van der Waals surface area contributed by atoms with Gasteiger partial charge >= 0.3 is 0 Å². The highest BCUT2D eigenvalue weighted by Crippen LogP contribution is 2.21. The van der Waals surface area contributed by atoms with Crippen molar-refractivity contribution < 1.29 is 17.7 Å². The minimum Gasteiger partial charge on any atom is -0.339 e. The molecule has 1 aromatic carbocycles. The quantitative estimate of drug-likeness (QED) is 0.825. The Bertz CT molecular complexity index is 888. The predicted octanol–water partition coefficient (Wildman–Crippen LogP) is 2.04. The fourth-order valence-electron chi connectivity index (χ4n) is 2.92. The van der Waals surface area contributed by atoms with E-state index in [2.05, 4.69) is 14.9 Å². The zero-order valence-corrected chi connectivity index (χ0v) is 15.6. The molecular weight excluding hydrogens is 356 g/mol. The number of nitrogens with zero attached hydrogens (tertiary/aromatic N) is 3. The van der Waals surface area contributed by atoms with E-state index < -0.39 is 16.1 Å². The van der Waals surface area contributed by atoms with Crippen LogP contribution in [0.4, 0.5) is 0 Å². The SMILES string of the molecule is CC[C@H](NS(=O)(=O)c1cccc(C(=O)N2CCCC2)c1)c1nc(C)no1. The van der Waals surface area contributed by atoms with Gasteiger partial charge in [-0.2, -0.15) is 9.71 Å². The number of hydrogen-bond donors (Lipinski definition) is 1. The summed E-state index contributed by atoms with van der Waals surface area (Å²) < 4.78 is 33.2. The Morgan fingerprint density at radius 2 is 2.08 bits per heavy atom. The zero-order chi connectivity index (χ0) is 18.7. The molecule has 3 rings (SSSR count). The summed E-state index contributed by atoms with van der Waals surface area (Å²) in [6, 6.07) is 5.47. The van der Waals surface area contributed by atoms with Gasteiger partial charge in [0.15, 0.2) is 5.82 Å². The van der Waals surface area contributed by atoms with E-state index in [0.29, 0.717) is 30.9 Å². The van der Waals surface area contributed by atoms with Gasteiger partial charge in [-0.05, 0) is 44.4 Å². The van der Waals surface area contributed by atoms with Crippen molar-refractivity contribution in [3.8, 4) is 0 Å². The molecule has 1 aromatic heterocycles. The molecule has 1 aliphatic heterocycles. The van der Waals surface area contributed by atoms with Crippen LogP contribution in [0.3, 0.4) is 0 Å². The van der Waals surface area contributed by atoms with Crippen LogP contribution in [0, 0.1) is 6.92 Å². The van der Waals surface area contributed by atoms with Crippen molar-refractivity contribution in [1.82, 2.24) is 19.8 Å². The molecule has 9 heteroatoms. The van der Waals surface area contributed by atoms with Crippen LogP contribution < -0.4 is 4.72 Å². The van der Waals surface area contributed by atoms with E-state index in [1.807, 2.05) is 6.92 Å². The lowest BCUT2D eigenvalue weighted by molar-refractivity contribution is 0.0792. The second kappa shape index (κ2) is 7.55. The van der Waals surface area contributed by atoms with Gasteiger partial charge in [-0.1, -0.05) is 18.1 Å². The van der Waals surface area contributed by atoms with Crippen molar-refractivity contribution >= 4 is 15.9 Å². The highest BCUT2D eigenvalue weighted by molar-refractivity contribution is 7.89. The first-order chi connectivity index (χ1) is 12.4. The summed E-state index contributed by atoms with van der Waals surface area (Å²) in [6.07, 6.45) is 2.41. The monoisotopic (exact) mass is 378 g/mol. The van der Waals surface area contributed by atoms with Gasteiger partial charge in [0.1, 0.15) is 6.04 Å². The van der Waals surface area contributed by atoms with Gasteiger partial charge < -0.3 is 9.42 Å². The van der Waals surface area contributed by atoms with Gasteiger partial charge in [-0.15, -0.1) is 0 Å². The average molecular weight is 378 g/mol. The molecule has 0 aliphatic carbocycles. The van der Waals surface area contributed by atoms with Gasteiger partial charge in [0.05, 0.1) is 4.90 Å². The number of nitrogens with one attached hydrogen (secondary N) is 1. The smallest absolute Gasteiger partial charge is 0.253 e. The minimum absolute atomic E-state index is 0.0391. The third kappa shape index (κ3) is 3.94. The van der Waals surface area contributed by atoms with Gasteiger partial charge in [-0.3, -0.25) is 4.79 Å². The van der Waals surface area contributed by atoms with Crippen molar-refractivity contribution in [3.63, 3.8) is 0 Å². The molecule has 140 valence electrons. The molecule has 1 fully saturated rings. The molecule has 2 heterocycles. The molecule has 1 amide bonds. The summed E-state index contributed by atoms with van der Waals surface area (Å²) in [5.41, 5.74) is 0.372. The minimum atomic E-state index is -3.84. The number of rotatable bonds is 6. The number of benzene rings is 1. The van der Waals surface area contributed by atoms with Crippen LogP contribution in [-0.2, 0) is 10.0 Å². The number of aromatic nitrogens is 2. The fourth-order valence-corrected chi connectivity index (χ4v) is 4.24. The number of carbonyl (C=O) groups is 1. The molecule has 1 N–H and O–H groups in total. The van der Waals surface area contributed by atoms with Crippen molar-refractivity contribution in [2.24, 2.45) is 0 Å². The Kier molecular flexibility index (Phi) is 5.38. The van der Waals surface area contributed by atoms with E-state index in [1.54, 1.807) is 24.0 Å². The Labute approximate surface area is 152 Å². The fraction of sp³-hybridized carbons (Fsp3) is 0.471. The number of hydrogen-bond acceptors (Lipinski definition) is 6. The molecule has 0 saturated carbocycles. The van der Waals surface area contributed by atoms with Crippen LogP contribution >= 0.6 is 0 Å². The summed E-state index contributed by atoms with van der Waals surface area (Å²) in [5.74, 6) is 0.521. The second-order valence-electron chi connectivity index (χ2n) is 6.29. The van der Waals surface area contributed by atoms with Crippen molar-refractivity contribution in [1.29, 1.82) is 0 Å². The molecule has 26 heavy (non-hydrogen) atoms. The molecule has 0 bridgehead atoms. The van der Waals surface area contributed by atoms with E-state index in [-0.39, 0.29) is 16.7 Å². The number of likely N-dealkylation sites (tertiary alicyclic amines) is 1. The summed E-state index contributed by atoms with van der Waals surface area (Å²) in [6.45, 7) is 4.91. The molecule has 8 nitrogen and oxygen atoms in total. The molecule has 0 spiro atoms. The summed E-state index contributed by atoms with van der Waals surface area (Å²) >= 11 is 0. The molecule has 1 aliphatic rings. The van der Waals surface area contributed by atoms with Crippen molar-refractivity contribution in [3.05, 3.63) is 41.5 Å². The number of amides is 1. The van der Waals surface area contributed by atoms with Gasteiger partial charge in [0, 0.05) is 18.7 Å². The number of sulfonamides is 1. The Balaban J connectivity index is 1.82. The number of carbonyl (C=O) groups excluding carboxylic acids is 1. The second-order valence-corrected chi connectivity index (χ2v) is 8.00. The first kappa shape index (κ1) is 18.5. The van der Waals surface area contributed by atoms with Crippen LogP contribution in [-0.4, -0.2) is 42.5 Å². The van der Waals surface area contributed by atoms with Crippen LogP contribution in [0.1, 0.15) is 54.3 Å². The highest BCUT2D eigenvalue weighted by atomic mass is 32.2. The maximum Gasteiger partial charge on any atom is 0.253 e. The molecule has 0 radical (unpaired) electrons. The summed E-state index contributed by atoms with van der Waals surface area (Å²) in [5, 5.41) is 3.70. The zero-order valence-electron chi connectivity index (χ0n) is 14.8. The van der Waals surface area contributed by atoms with Gasteiger partial charge in [0.25, 0.3) is 5.91 Å². The standard InChI is InChI=1S/C17H22N4O4S/c1-3-15(16-18-12(2)19-25-16)20-26(23,24)14-8-6-7-13(11-14)17(22)21-9-4-5-10-21/h6-8,11,15,20H,3-5,9-10H2,1-2H3/t15-/m0/s1. The topological polar surface area (TPSA) is 105 Å². The normalized spacial score (nSPS) is 16.0. The average Bonchev–Trinajstić information content (AvgIpc) is 3.31. The predicted molar refractivity (Wildman–Crippen MR) is 94.0 cm³/mol. The van der Waals surface area contributed by atoms with Crippen LogP contribution in [0.25, 0.3) is 0 Å². The lowest BCUT2D eigenvalue weighted by Gasteiger charge is -2.17. The highest BCUT2D eigenvalue weighted by Gasteiger charge is 2.26. The summed E-state index contributed by atoms with van der Waals surface area (Å²) in [4.78, 5) is 18.4.